The molecule has 8 heteroatoms. The molecule has 0 aliphatic rings. The van der Waals surface area contributed by atoms with Gasteiger partial charge in [-0.15, -0.1) is 0 Å². The van der Waals surface area contributed by atoms with Gasteiger partial charge in [0.15, 0.2) is 0 Å². The second-order valence-electron chi connectivity index (χ2n) is 4.49. The number of nitro groups is 1. The van der Waals surface area contributed by atoms with Crippen LogP contribution in [0.5, 0.6) is 5.75 Å². The Balaban J connectivity index is 2.85. The van der Waals surface area contributed by atoms with Gasteiger partial charge in [-0.25, -0.2) is 4.79 Å². The van der Waals surface area contributed by atoms with E-state index in [0.29, 0.717) is 0 Å². The van der Waals surface area contributed by atoms with Gasteiger partial charge >= 0.3 is 12.1 Å². The van der Waals surface area contributed by atoms with Gasteiger partial charge in [-0.3, -0.25) is 14.9 Å². The van der Waals surface area contributed by atoms with Gasteiger partial charge in [0.05, 0.1) is 17.4 Å². The minimum Gasteiger partial charge on any atom is -0.465 e. The van der Waals surface area contributed by atoms with Crippen molar-refractivity contribution in [2.75, 3.05) is 6.61 Å². The minimum atomic E-state index is -1.52. The Labute approximate surface area is 120 Å². The zero-order chi connectivity index (χ0) is 16.0. The van der Waals surface area contributed by atoms with Crippen molar-refractivity contribution in [3.05, 3.63) is 33.9 Å². The summed E-state index contributed by atoms with van der Waals surface area (Å²) >= 11 is 0. The van der Waals surface area contributed by atoms with Crippen molar-refractivity contribution in [2.24, 2.45) is 5.92 Å². The van der Waals surface area contributed by atoms with Crippen LogP contribution >= 0.6 is 0 Å². The van der Waals surface area contributed by atoms with Crippen molar-refractivity contribution in [2.45, 2.75) is 20.3 Å². The van der Waals surface area contributed by atoms with Crippen LogP contribution in [0.2, 0.25) is 0 Å². The van der Waals surface area contributed by atoms with Crippen LogP contribution in [-0.4, -0.2) is 28.8 Å². The van der Waals surface area contributed by atoms with Crippen molar-refractivity contribution in [3.8, 4) is 5.75 Å². The number of hydrogen-bond acceptors (Lipinski definition) is 6. The lowest BCUT2D eigenvalue weighted by Crippen LogP contribution is -2.14. The first-order valence-electron chi connectivity index (χ1n) is 6.16. The van der Waals surface area contributed by atoms with Crippen molar-refractivity contribution in [1.82, 2.24) is 0 Å². The molecule has 0 fully saturated rings. The maximum atomic E-state index is 11.3. The van der Waals surface area contributed by atoms with Gasteiger partial charge in [0.2, 0.25) is 0 Å². The lowest BCUT2D eigenvalue weighted by molar-refractivity contribution is -0.384. The molecule has 114 valence electrons. The maximum Gasteiger partial charge on any atom is 0.511 e. The van der Waals surface area contributed by atoms with E-state index in [9.17, 15) is 19.7 Å². The highest BCUT2D eigenvalue weighted by molar-refractivity contribution is 5.71. The number of nitrogens with zero attached hydrogens (tertiary/aromatic N) is 1. The van der Waals surface area contributed by atoms with Crippen LogP contribution in [0.25, 0.3) is 0 Å². The van der Waals surface area contributed by atoms with E-state index in [0.717, 1.165) is 6.07 Å². The van der Waals surface area contributed by atoms with E-state index in [1.54, 1.807) is 13.8 Å². The molecule has 0 saturated heterocycles. The van der Waals surface area contributed by atoms with E-state index in [2.05, 4.69) is 4.74 Å². The van der Waals surface area contributed by atoms with E-state index < -0.39 is 17.0 Å². The predicted octanol–water partition coefficient (Wildman–Crippen LogP) is 2.39. The van der Waals surface area contributed by atoms with Gasteiger partial charge in [0.1, 0.15) is 5.75 Å². The normalized spacial score (nSPS) is 10.2. The molecule has 0 atom stereocenters. The summed E-state index contributed by atoms with van der Waals surface area (Å²) < 4.78 is 9.49. The largest absolute Gasteiger partial charge is 0.511 e. The Morgan fingerprint density at radius 1 is 1.38 bits per heavy atom. The number of non-ortho nitro benzene ring substituents is 1. The third kappa shape index (κ3) is 5.09. The van der Waals surface area contributed by atoms with Gasteiger partial charge in [-0.2, -0.15) is 0 Å². The Morgan fingerprint density at radius 2 is 2.05 bits per heavy atom. The number of nitro benzene ring substituents is 1. The summed E-state index contributed by atoms with van der Waals surface area (Å²) in [5, 5.41) is 19.3. The smallest absolute Gasteiger partial charge is 0.465 e. The number of esters is 1. The lowest BCUT2D eigenvalue weighted by Gasteiger charge is -2.10. The van der Waals surface area contributed by atoms with Crippen molar-refractivity contribution >= 4 is 17.8 Å². The molecule has 0 aromatic heterocycles. The molecule has 21 heavy (non-hydrogen) atoms. The third-order valence-corrected chi connectivity index (χ3v) is 2.54. The summed E-state index contributed by atoms with van der Waals surface area (Å²) in [5.74, 6) is -0.709. The molecule has 8 nitrogen and oxygen atoms in total. The average Bonchev–Trinajstić information content (AvgIpc) is 2.39. The van der Waals surface area contributed by atoms with Gasteiger partial charge in [-0.05, 0) is 6.07 Å². The van der Waals surface area contributed by atoms with E-state index in [1.165, 1.54) is 12.1 Å². The number of benzene rings is 1. The molecular weight excluding hydrogens is 282 g/mol. The second kappa shape index (κ2) is 7.22. The molecule has 1 rings (SSSR count). The van der Waals surface area contributed by atoms with Crippen LogP contribution < -0.4 is 4.74 Å². The molecule has 1 aromatic rings. The van der Waals surface area contributed by atoms with Crippen molar-refractivity contribution in [1.29, 1.82) is 0 Å². The molecule has 0 bridgehead atoms. The minimum absolute atomic E-state index is 0.0197. The summed E-state index contributed by atoms with van der Waals surface area (Å²) in [4.78, 5) is 32.0. The summed E-state index contributed by atoms with van der Waals surface area (Å²) in [5.41, 5.74) is 0.0843. The molecule has 0 spiro atoms. The molecule has 1 N–H and O–H groups in total. The van der Waals surface area contributed by atoms with E-state index >= 15 is 0 Å². The van der Waals surface area contributed by atoms with Crippen LogP contribution in [0.15, 0.2) is 18.2 Å². The molecule has 0 saturated carbocycles. The Hall–Kier alpha value is -2.64. The van der Waals surface area contributed by atoms with Crippen LogP contribution in [-0.2, 0) is 16.0 Å². The highest BCUT2D eigenvalue weighted by Gasteiger charge is 2.15. The van der Waals surface area contributed by atoms with E-state index in [1.807, 2.05) is 0 Å². The Bertz CT molecular complexity index is 553. The van der Waals surface area contributed by atoms with Gasteiger partial charge < -0.3 is 14.6 Å². The number of carbonyl (C=O) groups is 2. The first-order chi connectivity index (χ1) is 9.81. The maximum absolute atomic E-state index is 11.3. The summed E-state index contributed by atoms with van der Waals surface area (Å²) in [7, 11) is 0. The quantitative estimate of drug-likeness (QED) is 0.371. The topological polar surface area (TPSA) is 116 Å². The summed E-state index contributed by atoms with van der Waals surface area (Å²) in [6, 6.07) is 3.54. The fraction of sp³-hybridized carbons (Fsp3) is 0.385. The SMILES string of the molecule is CC(C)C(=O)OCCc1cc([N+](=O)[O-])ccc1OC(=O)O. The number of rotatable bonds is 6. The molecule has 0 amide bonds. The van der Waals surface area contributed by atoms with Crippen molar-refractivity contribution < 1.29 is 29.1 Å². The number of carbonyl (C=O) groups excluding carboxylic acids is 1. The lowest BCUT2D eigenvalue weighted by atomic mass is 10.1. The summed E-state index contributed by atoms with van der Waals surface area (Å²) in [6.07, 6.45) is -1.41. The molecule has 0 radical (unpaired) electrons. The second-order valence-corrected chi connectivity index (χ2v) is 4.49. The van der Waals surface area contributed by atoms with Crippen LogP contribution in [0.4, 0.5) is 10.5 Å². The highest BCUT2D eigenvalue weighted by Crippen LogP contribution is 2.25. The predicted molar refractivity (Wildman–Crippen MR) is 71.3 cm³/mol. The van der Waals surface area contributed by atoms with Gasteiger partial charge in [-0.1, -0.05) is 13.8 Å². The third-order valence-electron chi connectivity index (χ3n) is 2.54. The van der Waals surface area contributed by atoms with Crippen LogP contribution in [0.3, 0.4) is 0 Å². The number of hydrogen-bond donors (Lipinski definition) is 1. The average molecular weight is 297 g/mol. The molecule has 1 aromatic carbocycles. The van der Waals surface area contributed by atoms with Gasteiger partial charge in [0.25, 0.3) is 5.69 Å². The molecular formula is C13H15NO7. The molecule has 0 unspecified atom stereocenters. The monoisotopic (exact) mass is 297 g/mol. The standard InChI is InChI=1S/C13H15NO7/c1-8(2)12(15)20-6-5-9-7-10(14(18)19)3-4-11(9)21-13(16)17/h3-4,7-8H,5-6H2,1-2H3,(H,16,17). The zero-order valence-electron chi connectivity index (χ0n) is 11.6. The van der Waals surface area contributed by atoms with Crippen LogP contribution in [0, 0.1) is 16.0 Å². The van der Waals surface area contributed by atoms with E-state index in [4.69, 9.17) is 9.84 Å². The first kappa shape index (κ1) is 16.4. The Kier molecular flexibility index (Phi) is 5.65. The fourth-order valence-electron chi connectivity index (χ4n) is 1.50. The molecule has 0 heterocycles. The molecule has 0 aliphatic heterocycles. The van der Waals surface area contributed by atoms with Crippen molar-refractivity contribution in [3.63, 3.8) is 0 Å². The first-order valence-corrected chi connectivity index (χ1v) is 6.16. The fourth-order valence-corrected chi connectivity index (χ4v) is 1.50. The zero-order valence-corrected chi connectivity index (χ0v) is 11.6. The summed E-state index contributed by atoms with van der Waals surface area (Å²) in [6.45, 7) is 3.33. The van der Waals surface area contributed by atoms with Crippen LogP contribution in [0.1, 0.15) is 19.4 Å². The molecule has 0 aliphatic carbocycles. The number of carboxylic acid groups (broad SMARTS) is 1. The van der Waals surface area contributed by atoms with E-state index in [-0.39, 0.29) is 35.9 Å². The highest BCUT2D eigenvalue weighted by atomic mass is 16.7. The number of ether oxygens (including phenoxy) is 2. The van der Waals surface area contributed by atoms with Gasteiger partial charge in [0, 0.05) is 24.1 Å². The Morgan fingerprint density at radius 3 is 2.57 bits per heavy atom.